The molecular weight excluding hydrogens is 663 g/mol. The lowest BCUT2D eigenvalue weighted by Crippen LogP contribution is -2.01. The van der Waals surface area contributed by atoms with E-state index in [2.05, 4.69) is 170 Å². The minimum absolute atomic E-state index is 0.647. The van der Waals surface area contributed by atoms with Gasteiger partial charge in [0.25, 0.3) is 0 Å². The molecule has 0 unspecified atom stereocenters. The molecule has 2 aromatic heterocycles. The Balaban J connectivity index is 1.09. The zero-order chi connectivity index (χ0) is 35.1. The molecule has 0 fully saturated rings. The van der Waals surface area contributed by atoms with Crippen LogP contribution in [0.25, 0.3) is 98.5 Å². The van der Waals surface area contributed by atoms with Crippen molar-refractivity contribution in [1.29, 1.82) is 0 Å². The lowest BCUT2D eigenvalue weighted by molar-refractivity contribution is 1.08. The predicted octanol–water partition coefficient (Wildman–Crippen LogP) is 13.4. The fraction of sp³-hybridized carbons (Fsp3) is 0. The molecule has 8 aromatic carbocycles. The molecule has 0 bridgehead atoms. The first-order valence-corrected chi connectivity index (χ1v) is 18.6. The molecule has 0 saturated carbocycles. The zero-order valence-electron chi connectivity index (χ0n) is 28.6. The minimum Gasteiger partial charge on any atom is -0.208 e. The second-order valence-electron chi connectivity index (χ2n) is 13.1. The molecule has 10 rings (SSSR count). The average Bonchev–Trinajstić information content (AvgIpc) is 3.63. The van der Waals surface area contributed by atoms with Gasteiger partial charge in [-0.1, -0.05) is 176 Å². The van der Waals surface area contributed by atoms with Crippen LogP contribution >= 0.6 is 11.3 Å². The topological polar surface area (TPSA) is 38.7 Å². The van der Waals surface area contributed by atoms with Gasteiger partial charge in [-0.2, -0.15) is 0 Å². The van der Waals surface area contributed by atoms with Crippen molar-refractivity contribution in [3.05, 3.63) is 188 Å². The van der Waals surface area contributed by atoms with E-state index in [1.54, 1.807) is 11.3 Å². The number of aromatic nitrogens is 3. The first kappa shape index (κ1) is 31.0. The number of benzene rings is 8. The summed E-state index contributed by atoms with van der Waals surface area (Å²) in [6, 6.07) is 66.3. The molecule has 0 radical (unpaired) electrons. The molecule has 10 aromatic rings. The Labute approximate surface area is 311 Å². The van der Waals surface area contributed by atoms with Crippen molar-refractivity contribution in [3.8, 4) is 67.5 Å². The Kier molecular flexibility index (Phi) is 7.67. The summed E-state index contributed by atoms with van der Waals surface area (Å²) in [5.41, 5.74) is 9.94. The summed E-state index contributed by atoms with van der Waals surface area (Å²) in [7, 11) is 0. The van der Waals surface area contributed by atoms with Crippen molar-refractivity contribution in [2.75, 3.05) is 0 Å². The highest BCUT2D eigenvalue weighted by Gasteiger charge is 2.18. The number of thiophene rings is 1. The smallest absolute Gasteiger partial charge is 0.165 e. The van der Waals surface area contributed by atoms with Gasteiger partial charge in [0, 0.05) is 36.9 Å². The summed E-state index contributed by atoms with van der Waals surface area (Å²) in [5.74, 6) is 1.97. The summed E-state index contributed by atoms with van der Waals surface area (Å²) in [6.45, 7) is 0. The summed E-state index contributed by atoms with van der Waals surface area (Å²) < 4.78 is 2.43. The maximum absolute atomic E-state index is 5.22. The highest BCUT2D eigenvalue weighted by Crippen LogP contribution is 2.41. The van der Waals surface area contributed by atoms with Gasteiger partial charge < -0.3 is 0 Å². The molecule has 53 heavy (non-hydrogen) atoms. The summed E-state index contributed by atoms with van der Waals surface area (Å²) in [6.07, 6.45) is 0. The van der Waals surface area contributed by atoms with Crippen LogP contribution in [-0.2, 0) is 0 Å². The van der Waals surface area contributed by atoms with Gasteiger partial charge in [0.05, 0.1) is 0 Å². The molecule has 0 aliphatic heterocycles. The SMILES string of the molecule is c1ccc(-c2nc(-c3ccccc3-c3ccc(-c4ccc(-c5ccccc5)c5ccccc45)cc3)nc(-c3cccc4c3sc3ccccc34)n2)cc1. The van der Waals surface area contributed by atoms with E-state index >= 15 is 0 Å². The third kappa shape index (κ3) is 5.57. The first-order chi connectivity index (χ1) is 26.3. The molecule has 0 atom stereocenters. The van der Waals surface area contributed by atoms with Gasteiger partial charge in [-0.05, 0) is 56.3 Å². The number of rotatable bonds is 6. The molecule has 0 aliphatic rings. The largest absolute Gasteiger partial charge is 0.208 e. The lowest BCUT2D eigenvalue weighted by atomic mass is 9.91. The summed E-state index contributed by atoms with van der Waals surface area (Å²) in [4.78, 5) is 15.4. The van der Waals surface area contributed by atoms with E-state index < -0.39 is 0 Å². The second kappa shape index (κ2) is 13.1. The molecule has 0 amide bonds. The van der Waals surface area contributed by atoms with Gasteiger partial charge in [-0.25, -0.2) is 15.0 Å². The average molecular weight is 694 g/mol. The van der Waals surface area contributed by atoms with Crippen molar-refractivity contribution >= 4 is 42.3 Å². The van der Waals surface area contributed by atoms with Crippen LogP contribution in [0.15, 0.2) is 188 Å². The third-order valence-electron chi connectivity index (χ3n) is 10.00. The summed E-state index contributed by atoms with van der Waals surface area (Å²) in [5, 5.41) is 4.95. The first-order valence-electron chi connectivity index (χ1n) is 17.8. The van der Waals surface area contributed by atoms with Crippen LogP contribution in [0.3, 0.4) is 0 Å². The van der Waals surface area contributed by atoms with E-state index in [4.69, 9.17) is 15.0 Å². The quantitative estimate of drug-likeness (QED) is 0.174. The van der Waals surface area contributed by atoms with Crippen LogP contribution in [0.5, 0.6) is 0 Å². The lowest BCUT2D eigenvalue weighted by Gasteiger charge is -2.14. The van der Waals surface area contributed by atoms with Crippen LogP contribution < -0.4 is 0 Å². The van der Waals surface area contributed by atoms with Crippen molar-refractivity contribution in [2.45, 2.75) is 0 Å². The van der Waals surface area contributed by atoms with Gasteiger partial charge in [-0.15, -0.1) is 11.3 Å². The van der Waals surface area contributed by atoms with Crippen LogP contribution in [0.4, 0.5) is 0 Å². The van der Waals surface area contributed by atoms with Crippen LogP contribution in [0.1, 0.15) is 0 Å². The van der Waals surface area contributed by atoms with Crippen LogP contribution in [0, 0.1) is 0 Å². The molecule has 0 N–H and O–H groups in total. The molecule has 0 spiro atoms. The molecule has 4 heteroatoms. The maximum atomic E-state index is 5.22. The monoisotopic (exact) mass is 693 g/mol. The molecule has 0 aliphatic carbocycles. The fourth-order valence-electron chi connectivity index (χ4n) is 7.44. The standard InChI is InChI=1S/C49H31N3S/c1-3-14-32(15-4-1)37-30-31-38(40-20-9-8-19-39(37)40)34-28-26-33(27-29-34)36-18-7-10-22-43(36)48-50-47(35-16-5-2-6-17-35)51-49(52-48)44-24-13-23-42-41-21-11-12-25-45(41)53-46(42)44/h1-31H. The third-order valence-corrected chi connectivity index (χ3v) is 11.2. The Morgan fingerprint density at radius 1 is 0.264 bits per heavy atom. The maximum Gasteiger partial charge on any atom is 0.165 e. The van der Waals surface area contributed by atoms with E-state index in [1.165, 1.54) is 53.2 Å². The van der Waals surface area contributed by atoms with Crippen molar-refractivity contribution in [2.24, 2.45) is 0 Å². The Hall–Kier alpha value is -6.75. The number of hydrogen-bond donors (Lipinski definition) is 0. The van der Waals surface area contributed by atoms with E-state index in [1.807, 2.05) is 18.2 Å². The normalized spacial score (nSPS) is 11.4. The molecule has 2 heterocycles. The van der Waals surface area contributed by atoms with E-state index in [9.17, 15) is 0 Å². The highest BCUT2D eigenvalue weighted by atomic mass is 32.1. The Bertz CT molecular complexity index is 2930. The van der Waals surface area contributed by atoms with Crippen LogP contribution in [-0.4, -0.2) is 15.0 Å². The van der Waals surface area contributed by atoms with Crippen LogP contribution in [0.2, 0.25) is 0 Å². The van der Waals surface area contributed by atoms with Gasteiger partial charge in [0.15, 0.2) is 17.5 Å². The summed E-state index contributed by atoms with van der Waals surface area (Å²) >= 11 is 1.79. The Morgan fingerprint density at radius 3 is 1.40 bits per heavy atom. The van der Waals surface area contributed by atoms with E-state index in [-0.39, 0.29) is 0 Å². The molecule has 0 saturated heterocycles. The predicted molar refractivity (Wildman–Crippen MR) is 223 cm³/mol. The zero-order valence-corrected chi connectivity index (χ0v) is 29.5. The van der Waals surface area contributed by atoms with Gasteiger partial charge >= 0.3 is 0 Å². The van der Waals surface area contributed by atoms with Crippen molar-refractivity contribution in [3.63, 3.8) is 0 Å². The highest BCUT2D eigenvalue weighted by molar-refractivity contribution is 7.26. The number of nitrogens with zero attached hydrogens (tertiary/aromatic N) is 3. The van der Waals surface area contributed by atoms with Crippen molar-refractivity contribution in [1.82, 2.24) is 15.0 Å². The number of fused-ring (bicyclic) bond motifs is 4. The Morgan fingerprint density at radius 2 is 0.717 bits per heavy atom. The minimum atomic E-state index is 0.647. The van der Waals surface area contributed by atoms with Gasteiger partial charge in [-0.3, -0.25) is 0 Å². The fourth-order valence-corrected chi connectivity index (χ4v) is 8.65. The second-order valence-corrected chi connectivity index (χ2v) is 14.2. The van der Waals surface area contributed by atoms with Gasteiger partial charge in [0.1, 0.15) is 0 Å². The van der Waals surface area contributed by atoms with E-state index in [0.29, 0.717) is 17.5 Å². The molecule has 248 valence electrons. The molecule has 3 nitrogen and oxygen atoms in total. The molecular formula is C49H31N3S. The number of hydrogen-bond acceptors (Lipinski definition) is 4. The van der Waals surface area contributed by atoms with E-state index in [0.717, 1.165) is 27.8 Å². The van der Waals surface area contributed by atoms with Crippen molar-refractivity contribution < 1.29 is 0 Å². The van der Waals surface area contributed by atoms with Gasteiger partial charge in [0.2, 0.25) is 0 Å².